The summed E-state index contributed by atoms with van der Waals surface area (Å²) in [6.45, 7) is 8.30. The third kappa shape index (κ3) is 3.87. The molecule has 5 aliphatic heterocycles. The van der Waals surface area contributed by atoms with Crippen LogP contribution in [0.15, 0.2) is 0 Å². The molecule has 0 N–H and O–H groups in total. The summed E-state index contributed by atoms with van der Waals surface area (Å²) in [5.74, 6) is -2.99. The maximum Gasteiger partial charge on any atom is 0.509 e. The van der Waals surface area contributed by atoms with Gasteiger partial charge in [0.2, 0.25) is 4.87 Å². The molecule has 41 heavy (non-hydrogen) atoms. The third-order valence-corrected chi connectivity index (χ3v) is 12.5. The molecule has 1 aliphatic carbocycles. The molecule has 2 amide bonds. The molecule has 2 spiro atoms. The zero-order valence-electron chi connectivity index (χ0n) is 23.5. The van der Waals surface area contributed by atoms with E-state index >= 15 is 0 Å². The van der Waals surface area contributed by atoms with Gasteiger partial charge >= 0.3 is 18.1 Å². The summed E-state index contributed by atoms with van der Waals surface area (Å²) >= 11 is 5.70. The van der Waals surface area contributed by atoms with Crippen LogP contribution in [-0.4, -0.2) is 104 Å². The number of halogens is 1. The minimum atomic E-state index is -1.79. The number of esters is 2. The zero-order valence-corrected chi connectivity index (χ0v) is 25.9. The van der Waals surface area contributed by atoms with E-state index in [-0.39, 0.29) is 18.6 Å². The van der Waals surface area contributed by atoms with E-state index in [9.17, 15) is 28.8 Å². The molecule has 1 unspecified atom stereocenters. The van der Waals surface area contributed by atoms with Gasteiger partial charge in [0.05, 0.1) is 17.6 Å². The van der Waals surface area contributed by atoms with Crippen molar-refractivity contribution in [3.8, 4) is 0 Å². The molecule has 6 fully saturated rings. The Labute approximate surface area is 248 Å². The highest BCUT2D eigenvalue weighted by Gasteiger charge is 2.86. The number of ether oxygens (including phenoxy) is 5. The molecule has 6 aliphatic rings. The molecular formula is C25H31ClN2O11S2. The van der Waals surface area contributed by atoms with Gasteiger partial charge in [0.1, 0.15) is 6.61 Å². The molecule has 0 radical (unpaired) electrons. The lowest BCUT2D eigenvalue weighted by Gasteiger charge is -2.58. The van der Waals surface area contributed by atoms with Gasteiger partial charge in [0.25, 0.3) is 11.8 Å². The van der Waals surface area contributed by atoms with Crippen molar-refractivity contribution in [1.82, 2.24) is 9.80 Å². The van der Waals surface area contributed by atoms with Gasteiger partial charge in [-0.05, 0) is 24.6 Å². The van der Waals surface area contributed by atoms with Crippen LogP contribution < -0.4 is 0 Å². The highest BCUT2D eigenvalue weighted by atomic mass is 35.5. The number of likely N-dealkylation sites (N-methyl/N-ethyl adjacent to an activating group) is 1. The molecule has 1 saturated carbocycles. The van der Waals surface area contributed by atoms with Crippen LogP contribution in [-0.2, 0) is 47.7 Å². The van der Waals surface area contributed by atoms with Crippen LogP contribution in [0.5, 0.6) is 0 Å². The van der Waals surface area contributed by atoms with Gasteiger partial charge < -0.3 is 33.5 Å². The van der Waals surface area contributed by atoms with E-state index in [1.165, 1.54) is 23.8 Å². The first-order chi connectivity index (χ1) is 18.9. The Bertz CT molecular complexity index is 1260. The Morgan fingerprint density at radius 3 is 2.32 bits per heavy atom. The predicted molar refractivity (Wildman–Crippen MR) is 143 cm³/mol. The summed E-state index contributed by atoms with van der Waals surface area (Å²) in [6, 6.07) is -1.09. The van der Waals surface area contributed by atoms with Gasteiger partial charge in [-0.3, -0.25) is 24.0 Å². The van der Waals surface area contributed by atoms with Crippen LogP contribution in [0.2, 0.25) is 0 Å². The van der Waals surface area contributed by atoms with Crippen LogP contribution in [0.1, 0.15) is 54.4 Å². The number of hydrogen-bond acceptors (Lipinski definition) is 13. The fraction of sp³-hybridized carbons (Fsp3) is 0.760. The number of fused-ring (bicyclic) bond motifs is 3. The Morgan fingerprint density at radius 2 is 1.78 bits per heavy atom. The maximum atomic E-state index is 14.4. The van der Waals surface area contributed by atoms with Crippen molar-refractivity contribution in [3.63, 3.8) is 0 Å². The van der Waals surface area contributed by atoms with E-state index in [4.69, 9.17) is 35.3 Å². The minimum Gasteiger partial charge on any atom is -0.455 e. The SMILES string of the molecule is CC(=O)O[C@H]1[C@]2(OC(C)=O)C[C@]34SS[C@](COC(=O)OC(C)Cl)(C(=O)N3[C@@H]2C[C@@]12O[C@H](C)C(C)(C)C2=O)N(C)C4=O. The molecule has 226 valence electrons. The highest BCUT2D eigenvalue weighted by Crippen LogP contribution is 2.70. The highest BCUT2D eigenvalue weighted by molar-refractivity contribution is 8.78. The summed E-state index contributed by atoms with van der Waals surface area (Å²) in [4.78, 5) is 79.0. The minimum absolute atomic E-state index is 0.191. The Hall–Kier alpha value is -2.23. The van der Waals surface area contributed by atoms with Crippen molar-refractivity contribution in [3.05, 3.63) is 0 Å². The van der Waals surface area contributed by atoms with Gasteiger partial charge in [-0.25, -0.2) is 4.79 Å². The van der Waals surface area contributed by atoms with E-state index in [0.29, 0.717) is 0 Å². The van der Waals surface area contributed by atoms with Crippen molar-refractivity contribution >= 4 is 68.9 Å². The second-order valence-corrected chi connectivity index (χ2v) is 14.9. The summed E-state index contributed by atoms with van der Waals surface area (Å²) in [7, 11) is 3.50. The quantitative estimate of drug-likeness (QED) is 0.187. The molecule has 0 aromatic rings. The fourth-order valence-corrected chi connectivity index (χ4v) is 10.6. The van der Waals surface area contributed by atoms with Crippen molar-refractivity contribution in [1.29, 1.82) is 0 Å². The van der Waals surface area contributed by atoms with E-state index < -0.39 is 86.7 Å². The van der Waals surface area contributed by atoms with Crippen LogP contribution in [0.4, 0.5) is 4.79 Å². The molecule has 13 nitrogen and oxygen atoms in total. The molecule has 8 atom stereocenters. The number of carbonyl (C=O) groups excluding carboxylic acids is 6. The van der Waals surface area contributed by atoms with Crippen LogP contribution >= 0.6 is 33.2 Å². The number of alkyl halides is 1. The van der Waals surface area contributed by atoms with Gasteiger partial charge in [-0.1, -0.05) is 36.2 Å². The maximum absolute atomic E-state index is 14.4. The van der Waals surface area contributed by atoms with E-state index in [0.717, 1.165) is 35.4 Å². The molecule has 6 rings (SSSR count). The Kier molecular flexibility index (Phi) is 6.92. The topological polar surface area (TPSA) is 155 Å². The fourth-order valence-electron chi connectivity index (χ4n) is 6.80. The zero-order chi connectivity index (χ0) is 30.5. The largest absolute Gasteiger partial charge is 0.509 e. The van der Waals surface area contributed by atoms with E-state index in [1.54, 1.807) is 20.8 Å². The number of carbonyl (C=O) groups is 6. The number of amides is 2. The molecule has 0 aromatic heterocycles. The van der Waals surface area contributed by atoms with Crippen LogP contribution in [0.3, 0.4) is 0 Å². The number of piperazine rings is 1. The summed E-state index contributed by atoms with van der Waals surface area (Å²) < 4.78 is 28.1. The smallest absolute Gasteiger partial charge is 0.455 e. The lowest BCUT2D eigenvalue weighted by Crippen LogP contribution is -2.77. The molecule has 5 saturated heterocycles. The first-order valence-electron chi connectivity index (χ1n) is 13.0. The van der Waals surface area contributed by atoms with E-state index in [2.05, 4.69) is 0 Å². The molecule has 5 heterocycles. The van der Waals surface area contributed by atoms with Crippen molar-refractivity contribution in [2.75, 3.05) is 13.7 Å². The third-order valence-electron chi connectivity index (χ3n) is 8.83. The van der Waals surface area contributed by atoms with Gasteiger partial charge in [-0.2, -0.15) is 0 Å². The second-order valence-electron chi connectivity index (χ2n) is 11.6. The van der Waals surface area contributed by atoms with E-state index in [1.807, 2.05) is 0 Å². The standard InChI is InChI=1S/C25H31ClN2O11S2/c1-11-21(5,6)16(31)22(38-11)8-15-23(39-14(4)30,17(22)37-13(3)29)9-24-18(32)27(7)25(41-40-24,19(33)28(15)24)10-35-20(34)36-12(2)26/h11-12,15,17H,8-10H2,1-7H3/t11-,12?,15-,17-,22+,23+,24-,25-/m1/s1. The predicted octanol–water partition coefficient (Wildman–Crippen LogP) is 1.97. The van der Waals surface area contributed by atoms with Crippen molar-refractivity contribution in [2.45, 2.75) is 99.1 Å². The molecule has 16 heteroatoms. The summed E-state index contributed by atoms with van der Waals surface area (Å²) in [5, 5.41) is 0. The number of rotatable bonds is 5. The molecular weight excluding hydrogens is 604 g/mol. The van der Waals surface area contributed by atoms with Crippen LogP contribution in [0, 0.1) is 5.41 Å². The average Bonchev–Trinajstić information content (AvgIpc) is 3.33. The number of Topliss-reactive ketones (excluding diaryl/α,β-unsaturated/α-hetero) is 1. The first-order valence-corrected chi connectivity index (χ1v) is 15.6. The Morgan fingerprint density at radius 1 is 1.12 bits per heavy atom. The molecule has 0 aromatic carbocycles. The lowest BCUT2D eigenvalue weighted by molar-refractivity contribution is -0.202. The number of ketones is 1. The van der Waals surface area contributed by atoms with Crippen molar-refractivity contribution in [2.24, 2.45) is 5.41 Å². The average molecular weight is 635 g/mol. The monoisotopic (exact) mass is 634 g/mol. The summed E-state index contributed by atoms with van der Waals surface area (Å²) in [5.41, 5.74) is -5.52. The lowest BCUT2D eigenvalue weighted by atomic mass is 9.76. The van der Waals surface area contributed by atoms with Gasteiger partial charge in [0, 0.05) is 33.7 Å². The normalized spacial score (nSPS) is 40.9. The van der Waals surface area contributed by atoms with Crippen molar-refractivity contribution < 1.29 is 52.5 Å². The second kappa shape index (κ2) is 9.38. The molecule has 2 bridgehead atoms. The number of hydrogen-bond donors (Lipinski definition) is 0. The first kappa shape index (κ1) is 30.2. The summed E-state index contributed by atoms with van der Waals surface area (Å²) in [6.07, 6.45) is -3.62. The number of nitrogens with zero attached hydrogens (tertiary/aromatic N) is 2. The van der Waals surface area contributed by atoms with Gasteiger partial charge in [0.15, 0.2) is 33.5 Å². The van der Waals surface area contributed by atoms with Gasteiger partial charge in [-0.15, -0.1) is 0 Å². The Balaban J connectivity index is 1.63. The van der Waals surface area contributed by atoms with Crippen LogP contribution in [0.25, 0.3) is 0 Å².